The van der Waals surface area contributed by atoms with Gasteiger partial charge in [0.15, 0.2) is 0 Å². The first kappa shape index (κ1) is 22.4. The van der Waals surface area contributed by atoms with E-state index in [2.05, 4.69) is 0 Å². The van der Waals surface area contributed by atoms with Crippen molar-refractivity contribution in [1.29, 1.82) is 0 Å². The Balaban J connectivity index is 1.41. The zero-order valence-corrected chi connectivity index (χ0v) is 18.9. The van der Waals surface area contributed by atoms with E-state index in [1.165, 1.54) is 12.1 Å². The van der Waals surface area contributed by atoms with Gasteiger partial charge in [0.2, 0.25) is 0 Å². The number of hydrogen-bond acceptors (Lipinski definition) is 4. The monoisotopic (exact) mass is 487 g/mol. The average Bonchev–Trinajstić information content (AvgIpc) is 3.03. The number of nitrogens with zero attached hydrogens (tertiary/aromatic N) is 1. The number of carbonyl (C=O) groups is 2. The number of amides is 2. The van der Waals surface area contributed by atoms with Crippen molar-refractivity contribution in [3.8, 4) is 5.75 Å². The number of imide groups is 1. The number of rotatable bonds is 6. The van der Waals surface area contributed by atoms with Crippen molar-refractivity contribution in [1.82, 2.24) is 4.90 Å². The second kappa shape index (κ2) is 9.77. The molecule has 3 aromatic carbocycles. The lowest BCUT2D eigenvalue weighted by Crippen LogP contribution is -2.27. The van der Waals surface area contributed by atoms with Crippen molar-refractivity contribution in [2.45, 2.75) is 13.2 Å². The molecule has 0 spiro atoms. The SMILES string of the molecule is O=C1S/C(=C\c2ccc(OCc3ccc(F)cc3)cc2)C(=O)N1Cc1ccc(Cl)cc1Cl. The molecule has 1 heterocycles. The molecular weight excluding hydrogens is 472 g/mol. The summed E-state index contributed by atoms with van der Waals surface area (Å²) in [6.07, 6.45) is 1.66. The third-order valence-electron chi connectivity index (χ3n) is 4.71. The van der Waals surface area contributed by atoms with Gasteiger partial charge in [0.25, 0.3) is 11.1 Å². The first-order valence-corrected chi connectivity index (χ1v) is 11.1. The molecule has 3 aromatic rings. The maximum atomic E-state index is 13.0. The van der Waals surface area contributed by atoms with E-state index in [-0.39, 0.29) is 23.5 Å². The van der Waals surface area contributed by atoms with Crippen molar-refractivity contribution in [3.05, 3.63) is 104 Å². The Morgan fingerprint density at radius 2 is 1.69 bits per heavy atom. The predicted molar refractivity (Wildman–Crippen MR) is 125 cm³/mol. The Kier molecular flexibility index (Phi) is 6.84. The molecule has 4 rings (SSSR count). The fourth-order valence-electron chi connectivity index (χ4n) is 3.02. The summed E-state index contributed by atoms with van der Waals surface area (Å²) in [6.45, 7) is 0.389. The minimum absolute atomic E-state index is 0.0776. The molecule has 4 nitrogen and oxygen atoms in total. The highest BCUT2D eigenvalue weighted by molar-refractivity contribution is 8.18. The normalized spacial score (nSPS) is 15.0. The second-order valence-corrected chi connectivity index (χ2v) is 8.82. The fourth-order valence-corrected chi connectivity index (χ4v) is 4.32. The molecule has 1 aliphatic rings. The number of thioether (sulfide) groups is 1. The molecule has 32 heavy (non-hydrogen) atoms. The van der Waals surface area contributed by atoms with Crippen molar-refractivity contribution >= 4 is 52.2 Å². The third-order valence-corrected chi connectivity index (χ3v) is 6.21. The first-order chi connectivity index (χ1) is 15.4. The van der Waals surface area contributed by atoms with Crippen molar-refractivity contribution in [2.75, 3.05) is 0 Å². The summed E-state index contributed by atoms with van der Waals surface area (Å²) in [7, 11) is 0. The standard InChI is InChI=1S/C24H16Cl2FNO3S/c25-18-6-5-17(21(26)12-18)13-28-23(29)22(32-24(28)30)11-15-3-9-20(10-4-15)31-14-16-1-7-19(27)8-2-16/h1-12H,13-14H2/b22-11-. The molecule has 0 bridgehead atoms. The van der Waals surface area contributed by atoms with Gasteiger partial charge in [-0.05, 0) is 70.9 Å². The first-order valence-electron chi connectivity index (χ1n) is 9.55. The Bertz CT molecular complexity index is 1200. The lowest BCUT2D eigenvalue weighted by molar-refractivity contribution is -0.123. The summed E-state index contributed by atoms with van der Waals surface area (Å²) < 4.78 is 18.7. The highest BCUT2D eigenvalue weighted by Gasteiger charge is 2.35. The number of carbonyl (C=O) groups excluding carboxylic acids is 2. The summed E-state index contributed by atoms with van der Waals surface area (Å²) in [5.41, 5.74) is 2.25. The lowest BCUT2D eigenvalue weighted by Gasteiger charge is -2.13. The Morgan fingerprint density at radius 1 is 0.969 bits per heavy atom. The summed E-state index contributed by atoms with van der Waals surface area (Å²) in [4.78, 5) is 26.6. The molecule has 162 valence electrons. The minimum Gasteiger partial charge on any atom is -0.489 e. The van der Waals surface area contributed by atoms with E-state index in [0.29, 0.717) is 32.9 Å². The van der Waals surface area contributed by atoms with Crippen LogP contribution in [0.3, 0.4) is 0 Å². The molecule has 0 aliphatic carbocycles. The van der Waals surface area contributed by atoms with Gasteiger partial charge in [-0.25, -0.2) is 4.39 Å². The van der Waals surface area contributed by atoms with Gasteiger partial charge in [0, 0.05) is 10.0 Å². The fraction of sp³-hybridized carbons (Fsp3) is 0.0833. The van der Waals surface area contributed by atoms with Gasteiger partial charge in [-0.3, -0.25) is 14.5 Å². The maximum Gasteiger partial charge on any atom is 0.293 e. The van der Waals surface area contributed by atoms with E-state index in [9.17, 15) is 14.0 Å². The van der Waals surface area contributed by atoms with Gasteiger partial charge in [-0.15, -0.1) is 0 Å². The van der Waals surface area contributed by atoms with Crippen molar-refractivity contribution in [3.63, 3.8) is 0 Å². The number of halogens is 3. The lowest BCUT2D eigenvalue weighted by atomic mass is 10.2. The van der Waals surface area contributed by atoms with Crippen LogP contribution in [0, 0.1) is 5.82 Å². The van der Waals surface area contributed by atoms with E-state index in [0.717, 1.165) is 27.8 Å². The highest BCUT2D eigenvalue weighted by Crippen LogP contribution is 2.34. The number of benzene rings is 3. The zero-order chi connectivity index (χ0) is 22.7. The van der Waals surface area contributed by atoms with E-state index in [4.69, 9.17) is 27.9 Å². The molecule has 1 saturated heterocycles. The molecule has 1 fully saturated rings. The van der Waals surface area contributed by atoms with Gasteiger partial charge in [0.05, 0.1) is 11.4 Å². The van der Waals surface area contributed by atoms with Crippen LogP contribution >= 0.6 is 35.0 Å². The largest absolute Gasteiger partial charge is 0.489 e. The molecule has 0 N–H and O–H groups in total. The van der Waals surface area contributed by atoms with Gasteiger partial charge in [-0.1, -0.05) is 53.5 Å². The topological polar surface area (TPSA) is 46.6 Å². The summed E-state index contributed by atoms with van der Waals surface area (Å²) in [5.74, 6) is -0.0293. The van der Waals surface area contributed by atoms with Crippen LogP contribution in [-0.4, -0.2) is 16.0 Å². The van der Waals surface area contributed by atoms with Crippen LogP contribution in [0.4, 0.5) is 9.18 Å². The average molecular weight is 488 g/mol. The van der Waals surface area contributed by atoms with E-state index in [1.54, 1.807) is 60.7 Å². The van der Waals surface area contributed by atoms with Gasteiger partial charge in [-0.2, -0.15) is 0 Å². The molecule has 0 unspecified atom stereocenters. The Morgan fingerprint density at radius 3 is 2.38 bits per heavy atom. The van der Waals surface area contributed by atoms with Crippen LogP contribution in [0.25, 0.3) is 6.08 Å². The second-order valence-electron chi connectivity index (χ2n) is 6.99. The minimum atomic E-state index is -0.373. The van der Waals surface area contributed by atoms with Crippen LogP contribution < -0.4 is 4.74 Å². The van der Waals surface area contributed by atoms with Gasteiger partial charge >= 0.3 is 0 Å². The van der Waals surface area contributed by atoms with Crippen LogP contribution in [0.15, 0.2) is 71.6 Å². The quantitative estimate of drug-likeness (QED) is 0.353. The Hall–Kier alpha value is -2.80. The smallest absolute Gasteiger partial charge is 0.293 e. The molecule has 0 aromatic heterocycles. The molecule has 0 saturated carbocycles. The molecule has 0 atom stereocenters. The van der Waals surface area contributed by atoms with Crippen molar-refractivity contribution in [2.24, 2.45) is 0 Å². The van der Waals surface area contributed by atoms with E-state index < -0.39 is 0 Å². The van der Waals surface area contributed by atoms with Crippen LogP contribution in [0.5, 0.6) is 5.75 Å². The van der Waals surface area contributed by atoms with Crippen LogP contribution in [0.1, 0.15) is 16.7 Å². The number of ether oxygens (including phenoxy) is 1. The third kappa shape index (κ3) is 5.33. The molecule has 1 aliphatic heterocycles. The molecule has 8 heteroatoms. The van der Waals surface area contributed by atoms with E-state index >= 15 is 0 Å². The van der Waals surface area contributed by atoms with Crippen LogP contribution in [-0.2, 0) is 17.9 Å². The highest BCUT2D eigenvalue weighted by atomic mass is 35.5. The number of hydrogen-bond donors (Lipinski definition) is 0. The zero-order valence-electron chi connectivity index (χ0n) is 16.6. The van der Waals surface area contributed by atoms with Crippen LogP contribution in [0.2, 0.25) is 10.0 Å². The summed E-state index contributed by atoms with van der Waals surface area (Å²) in [5, 5.41) is 0.529. The van der Waals surface area contributed by atoms with Crippen molar-refractivity contribution < 1.29 is 18.7 Å². The molecule has 2 amide bonds. The predicted octanol–water partition coefficient (Wildman–Crippen LogP) is 6.95. The van der Waals surface area contributed by atoms with Gasteiger partial charge in [0.1, 0.15) is 18.2 Å². The van der Waals surface area contributed by atoms with Gasteiger partial charge < -0.3 is 4.74 Å². The molecule has 0 radical (unpaired) electrons. The molecular formula is C24H16Cl2FNO3S. The maximum absolute atomic E-state index is 13.0. The Labute approximate surface area is 198 Å². The summed E-state index contributed by atoms with van der Waals surface area (Å²) >= 11 is 13.0. The van der Waals surface area contributed by atoms with E-state index in [1.807, 2.05) is 0 Å². The summed E-state index contributed by atoms with van der Waals surface area (Å²) in [6, 6.07) is 18.2.